The van der Waals surface area contributed by atoms with Gasteiger partial charge in [-0.1, -0.05) is 31.4 Å². The fourth-order valence-electron chi connectivity index (χ4n) is 3.53. The summed E-state index contributed by atoms with van der Waals surface area (Å²) >= 11 is 12.0. The highest BCUT2D eigenvalue weighted by Crippen LogP contribution is 2.43. The van der Waals surface area contributed by atoms with Crippen molar-refractivity contribution in [2.75, 3.05) is 0 Å². The van der Waals surface area contributed by atoms with Gasteiger partial charge in [0, 0.05) is 12.6 Å². The summed E-state index contributed by atoms with van der Waals surface area (Å²) in [6, 6.07) is 3.07. The molecule has 3 rings (SSSR count). The van der Waals surface area contributed by atoms with Crippen molar-refractivity contribution in [1.82, 2.24) is 9.55 Å². The molecule has 0 atom stereocenters. The van der Waals surface area contributed by atoms with Crippen molar-refractivity contribution in [2.45, 2.75) is 51.5 Å². The van der Waals surface area contributed by atoms with Gasteiger partial charge in [0.2, 0.25) is 0 Å². The van der Waals surface area contributed by atoms with E-state index in [1.165, 1.54) is 31.7 Å². The van der Waals surface area contributed by atoms with E-state index in [1.54, 1.807) is 6.07 Å². The Kier molecular flexibility index (Phi) is 4.15. The maximum absolute atomic E-state index is 13.6. The molecule has 0 spiro atoms. The Labute approximate surface area is 134 Å². The third-order valence-corrected chi connectivity index (χ3v) is 5.43. The highest BCUT2D eigenvalue weighted by molar-refractivity contribution is 6.31. The van der Waals surface area contributed by atoms with E-state index in [4.69, 9.17) is 23.2 Å². The van der Waals surface area contributed by atoms with Gasteiger partial charge < -0.3 is 4.57 Å². The lowest BCUT2D eigenvalue weighted by atomic mass is 9.83. The molecule has 1 aromatic carbocycles. The van der Waals surface area contributed by atoms with Crippen molar-refractivity contribution < 1.29 is 4.39 Å². The van der Waals surface area contributed by atoms with Gasteiger partial charge in [0.1, 0.15) is 11.6 Å². The van der Waals surface area contributed by atoms with E-state index < -0.39 is 5.82 Å². The largest absolute Gasteiger partial charge is 0.326 e. The molecule has 5 heteroatoms. The lowest BCUT2D eigenvalue weighted by molar-refractivity contribution is 0.238. The normalized spacial score (nSPS) is 17.7. The quantitative estimate of drug-likeness (QED) is 0.674. The first-order valence-electron chi connectivity index (χ1n) is 7.49. The Hall–Kier alpha value is -0.800. The lowest BCUT2D eigenvalue weighted by Gasteiger charge is -2.29. The van der Waals surface area contributed by atoms with E-state index in [2.05, 4.69) is 16.5 Å². The fraction of sp³-hybridized carbons (Fsp3) is 0.562. The Morgan fingerprint density at radius 1 is 1.33 bits per heavy atom. The van der Waals surface area contributed by atoms with Gasteiger partial charge in [0.05, 0.1) is 21.9 Å². The van der Waals surface area contributed by atoms with Gasteiger partial charge in [-0.3, -0.25) is 0 Å². The Morgan fingerprint density at radius 2 is 2.05 bits per heavy atom. The molecule has 0 aliphatic heterocycles. The summed E-state index contributed by atoms with van der Waals surface area (Å²) < 4.78 is 15.8. The van der Waals surface area contributed by atoms with E-state index in [1.807, 2.05) is 0 Å². The second-order valence-electron chi connectivity index (χ2n) is 6.06. The van der Waals surface area contributed by atoms with Crippen LogP contribution in [0.15, 0.2) is 12.1 Å². The first kappa shape index (κ1) is 15.1. The summed E-state index contributed by atoms with van der Waals surface area (Å²) in [5, 5.41) is 0.141. The van der Waals surface area contributed by atoms with Crippen LogP contribution in [0.2, 0.25) is 5.02 Å². The van der Waals surface area contributed by atoms with E-state index >= 15 is 0 Å². The summed E-state index contributed by atoms with van der Waals surface area (Å²) in [5.41, 5.74) is 1.84. The molecule has 114 valence electrons. The van der Waals surface area contributed by atoms with Crippen LogP contribution in [0.4, 0.5) is 4.39 Å². The number of halogens is 3. The van der Waals surface area contributed by atoms with E-state index in [0.29, 0.717) is 16.8 Å². The molecular weight excluding hydrogens is 310 g/mol. The van der Waals surface area contributed by atoms with Crippen molar-refractivity contribution in [3.8, 4) is 0 Å². The van der Waals surface area contributed by atoms with Crippen LogP contribution in [0, 0.1) is 11.2 Å². The highest BCUT2D eigenvalue weighted by atomic mass is 35.5. The molecule has 1 saturated carbocycles. The first-order valence-corrected chi connectivity index (χ1v) is 8.40. The van der Waals surface area contributed by atoms with Crippen LogP contribution in [0.25, 0.3) is 11.0 Å². The van der Waals surface area contributed by atoms with Gasteiger partial charge in [-0.05, 0) is 30.7 Å². The maximum atomic E-state index is 13.6. The van der Waals surface area contributed by atoms with Crippen LogP contribution < -0.4 is 0 Å². The number of fused-ring (bicyclic) bond motifs is 1. The Bertz CT molecular complexity index is 660. The summed E-state index contributed by atoms with van der Waals surface area (Å²) in [6.45, 7) is 3.14. The first-order chi connectivity index (χ1) is 10.1. The van der Waals surface area contributed by atoms with Gasteiger partial charge in [-0.2, -0.15) is 0 Å². The monoisotopic (exact) mass is 328 g/mol. The molecule has 21 heavy (non-hydrogen) atoms. The van der Waals surface area contributed by atoms with Crippen LogP contribution in [0.1, 0.15) is 44.9 Å². The van der Waals surface area contributed by atoms with Crippen LogP contribution in [-0.2, 0) is 12.4 Å². The zero-order chi connectivity index (χ0) is 15.0. The molecule has 0 saturated heterocycles. The van der Waals surface area contributed by atoms with Gasteiger partial charge in [0.15, 0.2) is 0 Å². The van der Waals surface area contributed by atoms with Gasteiger partial charge in [-0.15, -0.1) is 11.6 Å². The molecule has 1 fully saturated rings. The molecule has 1 heterocycles. The molecule has 2 nitrogen and oxygen atoms in total. The molecule has 2 aromatic rings. The number of aromatic nitrogens is 2. The number of alkyl halides is 1. The third-order valence-electron chi connectivity index (χ3n) is 4.90. The predicted octanol–water partition coefficient (Wildman–Crippen LogP) is 5.54. The predicted molar refractivity (Wildman–Crippen MR) is 85.5 cm³/mol. The number of hydrogen-bond acceptors (Lipinski definition) is 1. The van der Waals surface area contributed by atoms with Crippen molar-refractivity contribution in [2.24, 2.45) is 5.41 Å². The van der Waals surface area contributed by atoms with Crippen molar-refractivity contribution in [3.63, 3.8) is 0 Å². The van der Waals surface area contributed by atoms with Gasteiger partial charge in [0.25, 0.3) is 0 Å². The van der Waals surface area contributed by atoms with E-state index in [-0.39, 0.29) is 5.02 Å². The summed E-state index contributed by atoms with van der Waals surface area (Å²) in [4.78, 5) is 4.47. The zero-order valence-electron chi connectivity index (χ0n) is 12.1. The van der Waals surface area contributed by atoms with E-state index in [9.17, 15) is 4.39 Å². The van der Waals surface area contributed by atoms with Gasteiger partial charge in [-0.25, -0.2) is 9.37 Å². The zero-order valence-corrected chi connectivity index (χ0v) is 13.6. The molecule has 1 aliphatic carbocycles. The Balaban J connectivity index is 2.09. The number of nitrogens with zero attached hydrogens (tertiary/aromatic N) is 2. The van der Waals surface area contributed by atoms with Crippen LogP contribution in [0.5, 0.6) is 0 Å². The van der Waals surface area contributed by atoms with E-state index in [0.717, 1.165) is 24.3 Å². The minimum atomic E-state index is -0.430. The summed E-state index contributed by atoms with van der Waals surface area (Å²) in [7, 11) is 0. The second-order valence-corrected chi connectivity index (χ2v) is 6.74. The molecule has 0 unspecified atom stereocenters. The topological polar surface area (TPSA) is 17.8 Å². The lowest BCUT2D eigenvalue weighted by Crippen LogP contribution is -2.23. The number of rotatable bonds is 4. The number of imidazole rings is 1. The average Bonchev–Trinajstić information content (AvgIpc) is 3.07. The molecule has 0 radical (unpaired) electrons. The minimum absolute atomic E-state index is 0.141. The highest BCUT2D eigenvalue weighted by Gasteiger charge is 2.33. The summed E-state index contributed by atoms with van der Waals surface area (Å²) in [6.07, 6.45) is 6.18. The van der Waals surface area contributed by atoms with Crippen molar-refractivity contribution >= 4 is 34.2 Å². The molecular formula is C16H19Cl2FN2. The summed E-state index contributed by atoms with van der Waals surface area (Å²) in [5.74, 6) is 0.697. The second kappa shape index (κ2) is 5.77. The molecule has 1 aliphatic rings. The van der Waals surface area contributed by atoms with Crippen molar-refractivity contribution in [1.29, 1.82) is 0 Å². The van der Waals surface area contributed by atoms with Gasteiger partial charge >= 0.3 is 0 Å². The Morgan fingerprint density at radius 3 is 2.67 bits per heavy atom. The minimum Gasteiger partial charge on any atom is -0.326 e. The standard InChI is InChI=1S/C16H19Cl2FN2/c1-2-16(5-3-4-6-16)10-21-14-7-11(18)12(19)8-13(14)20-15(21)9-17/h7-8H,2-6,9-10H2,1H3. The number of benzene rings is 1. The smallest absolute Gasteiger partial charge is 0.144 e. The molecule has 0 bridgehead atoms. The number of hydrogen-bond donors (Lipinski definition) is 0. The molecule has 1 aromatic heterocycles. The fourth-order valence-corrected chi connectivity index (χ4v) is 3.89. The molecule has 0 N–H and O–H groups in total. The third kappa shape index (κ3) is 2.66. The van der Waals surface area contributed by atoms with Crippen molar-refractivity contribution in [3.05, 3.63) is 28.8 Å². The van der Waals surface area contributed by atoms with Crippen LogP contribution in [-0.4, -0.2) is 9.55 Å². The molecule has 0 amide bonds. The van der Waals surface area contributed by atoms with Crippen LogP contribution in [0.3, 0.4) is 0 Å². The SMILES string of the molecule is CCC1(Cn2c(CCl)nc3cc(F)c(Cl)cc32)CCCC1. The maximum Gasteiger partial charge on any atom is 0.144 e. The average molecular weight is 329 g/mol. The van der Waals surface area contributed by atoms with Crippen LogP contribution >= 0.6 is 23.2 Å².